The molecule has 1 amide bonds. The van der Waals surface area contributed by atoms with E-state index < -0.39 is 0 Å². The topological polar surface area (TPSA) is 89.8 Å². The molecular formula is C19H23N5O3. The number of hydrogen-bond donors (Lipinski definition) is 2. The molecule has 27 heavy (non-hydrogen) atoms. The van der Waals surface area contributed by atoms with Crippen LogP contribution in [0.2, 0.25) is 0 Å². The predicted octanol–water partition coefficient (Wildman–Crippen LogP) is 2.56. The third kappa shape index (κ3) is 4.53. The molecule has 3 aromatic rings. The number of carbonyl (C=O) groups excluding carboxylic acids is 1. The van der Waals surface area contributed by atoms with Crippen LogP contribution in [0, 0.1) is 6.92 Å². The van der Waals surface area contributed by atoms with Crippen molar-refractivity contribution >= 4 is 23.2 Å². The fraction of sp³-hybridized carbons (Fsp3) is 0.316. The molecule has 0 saturated heterocycles. The second-order valence-corrected chi connectivity index (χ2v) is 5.94. The van der Waals surface area contributed by atoms with Crippen LogP contribution < -0.4 is 15.4 Å². The Bertz CT molecular complexity index is 938. The van der Waals surface area contributed by atoms with E-state index >= 15 is 0 Å². The quantitative estimate of drug-likeness (QED) is 0.593. The third-order valence-corrected chi connectivity index (χ3v) is 3.93. The number of amides is 1. The van der Waals surface area contributed by atoms with Crippen LogP contribution in [0.4, 0.5) is 11.6 Å². The molecule has 0 aliphatic carbocycles. The normalized spacial score (nSPS) is 10.8. The number of benzene rings is 1. The number of nitrogens with one attached hydrogen (secondary N) is 2. The SMILES string of the molecule is CCOCCNC(=O)c1ccc(Nc2nc3ccc(C)cn3n2)c(OC)c1. The zero-order chi connectivity index (χ0) is 19.2. The van der Waals surface area contributed by atoms with E-state index in [0.717, 1.165) is 11.2 Å². The van der Waals surface area contributed by atoms with Gasteiger partial charge in [0.05, 0.1) is 19.4 Å². The van der Waals surface area contributed by atoms with Crippen molar-refractivity contribution in [2.24, 2.45) is 0 Å². The Hall–Kier alpha value is -3.13. The third-order valence-electron chi connectivity index (χ3n) is 3.93. The van der Waals surface area contributed by atoms with Crippen LogP contribution in [0.5, 0.6) is 5.75 Å². The first-order chi connectivity index (χ1) is 13.1. The second kappa shape index (κ2) is 8.50. The number of aryl methyl sites for hydroxylation is 1. The van der Waals surface area contributed by atoms with Crippen molar-refractivity contribution in [2.75, 3.05) is 32.2 Å². The number of aromatic nitrogens is 3. The molecular weight excluding hydrogens is 346 g/mol. The zero-order valence-corrected chi connectivity index (χ0v) is 15.7. The maximum Gasteiger partial charge on any atom is 0.251 e. The van der Waals surface area contributed by atoms with Crippen molar-refractivity contribution in [3.63, 3.8) is 0 Å². The number of hydrogen-bond acceptors (Lipinski definition) is 6. The minimum absolute atomic E-state index is 0.180. The van der Waals surface area contributed by atoms with Crippen molar-refractivity contribution in [3.8, 4) is 5.75 Å². The van der Waals surface area contributed by atoms with Gasteiger partial charge in [-0.15, -0.1) is 5.10 Å². The average molecular weight is 369 g/mol. The lowest BCUT2D eigenvalue weighted by Crippen LogP contribution is -2.27. The smallest absolute Gasteiger partial charge is 0.251 e. The molecule has 0 aliphatic rings. The van der Waals surface area contributed by atoms with Gasteiger partial charge in [0.15, 0.2) is 5.65 Å². The molecule has 0 bridgehead atoms. The molecule has 0 radical (unpaired) electrons. The van der Waals surface area contributed by atoms with E-state index in [1.54, 1.807) is 29.8 Å². The van der Waals surface area contributed by atoms with Crippen LogP contribution in [-0.4, -0.2) is 47.4 Å². The van der Waals surface area contributed by atoms with Gasteiger partial charge in [0.2, 0.25) is 5.95 Å². The highest BCUT2D eigenvalue weighted by Gasteiger charge is 2.12. The summed E-state index contributed by atoms with van der Waals surface area (Å²) in [6.45, 7) is 5.48. The van der Waals surface area contributed by atoms with E-state index in [-0.39, 0.29) is 5.91 Å². The van der Waals surface area contributed by atoms with Crippen molar-refractivity contribution < 1.29 is 14.3 Å². The first-order valence-corrected chi connectivity index (χ1v) is 8.74. The highest BCUT2D eigenvalue weighted by atomic mass is 16.5. The van der Waals surface area contributed by atoms with Crippen molar-refractivity contribution in [1.82, 2.24) is 19.9 Å². The van der Waals surface area contributed by atoms with Gasteiger partial charge in [-0.05, 0) is 43.7 Å². The lowest BCUT2D eigenvalue weighted by atomic mass is 10.1. The van der Waals surface area contributed by atoms with Crippen molar-refractivity contribution in [1.29, 1.82) is 0 Å². The first kappa shape index (κ1) is 18.7. The standard InChI is InChI=1S/C19H23N5O3/c1-4-27-10-9-20-18(25)14-6-7-15(16(11-14)26-3)21-19-22-17-8-5-13(2)12-24(17)23-19/h5-8,11-12H,4,9-10H2,1-3H3,(H,20,25)(H,21,23). The monoisotopic (exact) mass is 369 g/mol. The number of fused-ring (bicyclic) bond motifs is 1. The molecule has 0 saturated carbocycles. The summed E-state index contributed by atoms with van der Waals surface area (Å²) < 4.78 is 12.3. The van der Waals surface area contributed by atoms with E-state index in [1.807, 2.05) is 32.2 Å². The van der Waals surface area contributed by atoms with E-state index in [4.69, 9.17) is 9.47 Å². The number of anilines is 2. The number of carbonyl (C=O) groups is 1. The molecule has 2 aromatic heterocycles. The Morgan fingerprint density at radius 1 is 1.26 bits per heavy atom. The summed E-state index contributed by atoms with van der Waals surface area (Å²) in [6.07, 6.45) is 1.90. The van der Waals surface area contributed by atoms with Crippen LogP contribution in [0.15, 0.2) is 36.5 Å². The van der Waals surface area contributed by atoms with Gasteiger partial charge in [-0.2, -0.15) is 4.98 Å². The van der Waals surface area contributed by atoms with Crippen molar-refractivity contribution in [3.05, 3.63) is 47.7 Å². The molecule has 3 rings (SSSR count). The van der Waals surface area contributed by atoms with E-state index in [9.17, 15) is 4.79 Å². The maximum atomic E-state index is 12.2. The minimum atomic E-state index is -0.180. The predicted molar refractivity (Wildman–Crippen MR) is 103 cm³/mol. The zero-order valence-electron chi connectivity index (χ0n) is 15.7. The summed E-state index contributed by atoms with van der Waals surface area (Å²) in [7, 11) is 1.55. The fourth-order valence-electron chi connectivity index (χ4n) is 2.58. The summed E-state index contributed by atoms with van der Waals surface area (Å²) in [6, 6.07) is 9.06. The lowest BCUT2D eigenvalue weighted by Gasteiger charge is -2.11. The molecule has 0 fully saturated rings. The van der Waals surface area contributed by atoms with Crippen LogP contribution in [0.25, 0.3) is 5.65 Å². The molecule has 0 unspecified atom stereocenters. The number of nitrogens with zero attached hydrogens (tertiary/aromatic N) is 3. The van der Waals surface area contributed by atoms with Gasteiger partial charge in [-0.3, -0.25) is 4.79 Å². The Morgan fingerprint density at radius 3 is 2.89 bits per heavy atom. The van der Waals surface area contributed by atoms with Gasteiger partial charge in [0, 0.05) is 24.9 Å². The molecule has 0 atom stereocenters. The minimum Gasteiger partial charge on any atom is -0.495 e. The largest absolute Gasteiger partial charge is 0.495 e. The van der Waals surface area contributed by atoms with E-state index in [2.05, 4.69) is 20.7 Å². The molecule has 1 aromatic carbocycles. The fourth-order valence-corrected chi connectivity index (χ4v) is 2.58. The molecule has 8 nitrogen and oxygen atoms in total. The summed E-state index contributed by atoms with van der Waals surface area (Å²) in [4.78, 5) is 16.7. The second-order valence-electron chi connectivity index (χ2n) is 5.94. The average Bonchev–Trinajstić information content (AvgIpc) is 3.06. The molecule has 0 aliphatic heterocycles. The van der Waals surface area contributed by atoms with Gasteiger partial charge in [0.25, 0.3) is 5.91 Å². The number of pyridine rings is 1. The van der Waals surface area contributed by atoms with Crippen molar-refractivity contribution in [2.45, 2.75) is 13.8 Å². The number of rotatable bonds is 8. The summed E-state index contributed by atoms with van der Waals surface area (Å²) in [5, 5.41) is 10.4. The highest BCUT2D eigenvalue weighted by molar-refractivity contribution is 5.95. The van der Waals surface area contributed by atoms with Crippen LogP contribution >= 0.6 is 0 Å². The van der Waals surface area contributed by atoms with Gasteiger partial charge in [0.1, 0.15) is 5.75 Å². The van der Waals surface area contributed by atoms with Gasteiger partial charge < -0.3 is 20.1 Å². The van der Waals surface area contributed by atoms with Gasteiger partial charge in [-0.25, -0.2) is 4.52 Å². The Morgan fingerprint density at radius 2 is 2.11 bits per heavy atom. The lowest BCUT2D eigenvalue weighted by molar-refractivity contribution is 0.0922. The van der Waals surface area contributed by atoms with Crippen LogP contribution in [0.1, 0.15) is 22.8 Å². The molecule has 0 spiro atoms. The summed E-state index contributed by atoms with van der Waals surface area (Å²) in [5.74, 6) is 0.802. The Kier molecular flexibility index (Phi) is 5.87. The molecule has 8 heteroatoms. The molecule has 2 N–H and O–H groups in total. The number of methoxy groups -OCH3 is 1. The Labute approximate surface area is 157 Å². The molecule has 142 valence electrons. The van der Waals surface area contributed by atoms with E-state index in [0.29, 0.717) is 42.7 Å². The number of ether oxygens (including phenoxy) is 2. The molecule has 2 heterocycles. The van der Waals surface area contributed by atoms with E-state index in [1.165, 1.54) is 0 Å². The van der Waals surface area contributed by atoms with Crippen LogP contribution in [-0.2, 0) is 4.74 Å². The summed E-state index contributed by atoms with van der Waals surface area (Å²) >= 11 is 0. The van der Waals surface area contributed by atoms with Crippen LogP contribution in [0.3, 0.4) is 0 Å². The van der Waals surface area contributed by atoms with Gasteiger partial charge in [-0.1, -0.05) is 6.07 Å². The summed E-state index contributed by atoms with van der Waals surface area (Å²) in [5.41, 5.74) is 3.02. The van der Waals surface area contributed by atoms with Gasteiger partial charge >= 0.3 is 0 Å². The Balaban J connectivity index is 1.74. The maximum absolute atomic E-state index is 12.2. The first-order valence-electron chi connectivity index (χ1n) is 8.74. The highest BCUT2D eigenvalue weighted by Crippen LogP contribution is 2.28.